The number of hydrogen-bond donors (Lipinski definition) is 0. The molecule has 3 aromatic rings. The standard InChI is InChI=1S/C19H18N2O2S2/c1-21(2)16-10-8-15(9-11-16)20-14-17-12-13-19(24-17)25(22,23)18-6-4-3-5-7-18/h3-14H,1-2H3. The Morgan fingerprint density at radius 1 is 0.920 bits per heavy atom. The number of sulfone groups is 1. The van der Waals surface area contributed by atoms with Crippen LogP contribution in [0.1, 0.15) is 4.88 Å². The van der Waals surface area contributed by atoms with Crippen LogP contribution in [0.4, 0.5) is 11.4 Å². The molecule has 1 heterocycles. The summed E-state index contributed by atoms with van der Waals surface area (Å²) in [6.45, 7) is 0. The van der Waals surface area contributed by atoms with E-state index in [4.69, 9.17) is 0 Å². The van der Waals surface area contributed by atoms with Gasteiger partial charge in [0, 0.05) is 30.9 Å². The van der Waals surface area contributed by atoms with Gasteiger partial charge in [0.25, 0.3) is 0 Å². The molecule has 0 fully saturated rings. The van der Waals surface area contributed by atoms with E-state index in [0.29, 0.717) is 9.10 Å². The van der Waals surface area contributed by atoms with Gasteiger partial charge in [0.2, 0.25) is 9.84 Å². The molecule has 0 bridgehead atoms. The van der Waals surface area contributed by atoms with Crippen molar-refractivity contribution in [1.29, 1.82) is 0 Å². The van der Waals surface area contributed by atoms with Gasteiger partial charge in [0.05, 0.1) is 10.6 Å². The number of benzene rings is 2. The largest absolute Gasteiger partial charge is 0.378 e. The predicted octanol–water partition coefficient (Wildman–Crippen LogP) is 4.40. The summed E-state index contributed by atoms with van der Waals surface area (Å²) in [4.78, 5) is 7.54. The fourth-order valence-corrected chi connectivity index (χ4v) is 4.86. The van der Waals surface area contributed by atoms with Crippen molar-refractivity contribution in [3.63, 3.8) is 0 Å². The molecule has 0 radical (unpaired) electrons. The maximum Gasteiger partial charge on any atom is 0.215 e. The minimum Gasteiger partial charge on any atom is -0.378 e. The number of nitrogens with zero attached hydrogens (tertiary/aromatic N) is 2. The van der Waals surface area contributed by atoms with Gasteiger partial charge in [-0.15, -0.1) is 11.3 Å². The van der Waals surface area contributed by atoms with Crippen molar-refractivity contribution in [2.75, 3.05) is 19.0 Å². The van der Waals surface area contributed by atoms with Crippen molar-refractivity contribution >= 4 is 38.8 Å². The highest BCUT2D eigenvalue weighted by molar-refractivity contribution is 7.93. The van der Waals surface area contributed by atoms with E-state index in [0.717, 1.165) is 16.3 Å². The number of thiophene rings is 1. The summed E-state index contributed by atoms with van der Waals surface area (Å²) < 4.78 is 25.5. The van der Waals surface area contributed by atoms with E-state index in [2.05, 4.69) is 4.99 Å². The average Bonchev–Trinajstić information content (AvgIpc) is 3.11. The summed E-state index contributed by atoms with van der Waals surface area (Å²) in [5.41, 5.74) is 1.93. The minimum absolute atomic E-state index is 0.305. The molecular weight excluding hydrogens is 352 g/mol. The zero-order chi connectivity index (χ0) is 17.9. The van der Waals surface area contributed by atoms with Crippen molar-refractivity contribution in [2.45, 2.75) is 9.10 Å². The van der Waals surface area contributed by atoms with E-state index < -0.39 is 9.84 Å². The second-order valence-electron chi connectivity index (χ2n) is 5.64. The van der Waals surface area contributed by atoms with Crippen LogP contribution in [0.5, 0.6) is 0 Å². The van der Waals surface area contributed by atoms with Gasteiger partial charge < -0.3 is 4.90 Å². The summed E-state index contributed by atoms with van der Waals surface area (Å²) >= 11 is 1.22. The lowest BCUT2D eigenvalue weighted by molar-refractivity contribution is 0.598. The van der Waals surface area contributed by atoms with Crippen LogP contribution in [0.3, 0.4) is 0 Å². The fraction of sp³-hybridized carbons (Fsp3) is 0.105. The second-order valence-corrected chi connectivity index (χ2v) is 8.93. The molecule has 3 rings (SSSR count). The minimum atomic E-state index is -3.46. The van der Waals surface area contributed by atoms with Gasteiger partial charge in [0.15, 0.2) is 0 Å². The van der Waals surface area contributed by atoms with E-state index in [1.54, 1.807) is 48.7 Å². The zero-order valence-corrected chi connectivity index (χ0v) is 15.6. The predicted molar refractivity (Wildman–Crippen MR) is 104 cm³/mol. The van der Waals surface area contributed by atoms with E-state index >= 15 is 0 Å². The van der Waals surface area contributed by atoms with Crippen LogP contribution in [-0.4, -0.2) is 28.7 Å². The van der Waals surface area contributed by atoms with Gasteiger partial charge >= 0.3 is 0 Å². The topological polar surface area (TPSA) is 49.7 Å². The van der Waals surface area contributed by atoms with Crippen LogP contribution < -0.4 is 4.90 Å². The molecule has 0 aliphatic carbocycles. The van der Waals surface area contributed by atoms with Crippen molar-refractivity contribution in [3.8, 4) is 0 Å². The molecule has 0 saturated carbocycles. The molecule has 0 N–H and O–H groups in total. The van der Waals surface area contributed by atoms with E-state index in [1.165, 1.54) is 11.3 Å². The van der Waals surface area contributed by atoms with Crippen LogP contribution >= 0.6 is 11.3 Å². The van der Waals surface area contributed by atoms with E-state index in [9.17, 15) is 8.42 Å². The van der Waals surface area contributed by atoms with Crippen molar-refractivity contribution in [2.24, 2.45) is 4.99 Å². The number of aliphatic imine (C=N–C) groups is 1. The fourth-order valence-electron chi connectivity index (χ4n) is 2.24. The first kappa shape index (κ1) is 17.4. The molecule has 0 saturated heterocycles. The van der Waals surface area contributed by atoms with Crippen molar-refractivity contribution < 1.29 is 8.42 Å². The number of anilines is 1. The molecular formula is C19H18N2O2S2. The van der Waals surface area contributed by atoms with Crippen LogP contribution in [-0.2, 0) is 9.84 Å². The molecule has 6 heteroatoms. The summed E-state index contributed by atoms with van der Waals surface area (Å²) in [6, 6.07) is 19.7. The Hall–Kier alpha value is -2.44. The van der Waals surface area contributed by atoms with Crippen LogP contribution in [0.25, 0.3) is 0 Å². The van der Waals surface area contributed by atoms with Gasteiger partial charge in [-0.2, -0.15) is 0 Å². The lowest BCUT2D eigenvalue weighted by atomic mass is 10.3. The maximum atomic E-state index is 12.6. The summed E-state index contributed by atoms with van der Waals surface area (Å²) in [5.74, 6) is 0. The van der Waals surface area contributed by atoms with Crippen LogP contribution in [0.2, 0.25) is 0 Å². The molecule has 4 nitrogen and oxygen atoms in total. The maximum absolute atomic E-state index is 12.6. The second kappa shape index (κ2) is 7.21. The van der Waals surface area contributed by atoms with Crippen LogP contribution in [0, 0.1) is 0 Å². The summed E-state index contributed by atoms with van der Waals surface area (Å²) in [5, 5.41) is 0. The smallest absolute Gasteiger partial charge is 0.215 e. The van der Waals surface area contributed by atoms with Gasteiger partial charge in [-0.25, -0.2) is 8.42 Å². The Morgan fingerprint density at radius 2 is 1.60 bits per heavy atom. The first-order chi connectivity index (χ1) is 12.0. The van der Waals surface area contributed by atoms with Gasteiger partial charge in [0.1, 0.15) is 4.21 Å². The molecule has 128 valence electrons. The third kappa shape index (κ3) is 3.97. The normalized spacial score (nSPS) is 11.8. The van der Waals surface area contributed by atoms with E-state index in [1.807, 2.05) is 43.3 Å². The van der Waals surface area contributed by atoms with Gasteiger partial charge in [-0.1, -0.05) is 18.2 Å². The monoisotopic (exact) mass is 370 g/mol. The molecule has 2 aromatic carbocycles. The molecule has 0 aliphatic rings. The number of rotatable bonds is 5. The van der Waals surface area contributed by atoms with E-state index in [-0.39, 0.29) is 0 Å². The Balaban J connectivity index is 1.80. The molecule has 1 aromatic heterocycles. The Morgan fingerprint density at radius 3 is 2.24 bits per heavy atom. The lowest BCUT2D eigenvalue weighted by Crippen LogP contribution is -2.07. The first-order valence-corrected chi connectivity index (χ1v) is 9.98. The lowest BCUT2D eigenvalue weighted by Gasteiger charge is -2.11. The Kier molecular flexibility index (Phi) is 5.01. The molecule has 0 atom stereocenters. The highest BCUT2D eigenvalue weighted by atomic mass is 32.2. The molecule has 0 aliphatic heterocycles. The SMILES string of the molecule is CN(C)c1ccc(N=Cc2ccc(S(=O)(=O)c3ccccc3)s2)cc1. The summed E-state index contributed by atoms with van der Waals surface area (Å²) in [6.07, 6.45) is 1.69. The van der Waals surface area contributed by atoms with Crippen molar-refractivity contribution in [3.05, 3.63) is 71.6 Å². The highest BCUT2D eigenvalue weighted by Gasteiger charge is 2.19. The molecule has 0 spiro atoms. The zero-order valence-electron chi connectivity index (χ0n) is 14.0. The Bertz CT molecular complexity index is 974. The quantitative estimate of drug-likeness (QED) is 0.626. The summed E-state index contributed by atoms with van der Waals surface area (Å²) in [7, 11) is 0.505. The first-order valence-electron chi connectivity index (χ1n) is 7.68. The third-order valence-corrected chi connectivity index (χ3v) is 6.91. The van der Waals surface area contributed by atoms with Crippen LogP contribution in [0.15, 0.2) is 80.8 Å². The Labute approximate surface area is 152 Å². The van der Waals surface area contributed by atoms with Crippen molar-refractivity contribution in [1.82, 2.24) is 0 Å². The average molecular weight is 370 g/mol. The molecule has 0 unspecified atom stereocenters. The van der Waals surface area contributed by atoms with Gasteiger partial charge in [-0.3, -0.25) is 4.99 Å². The van der Waals surface area contributed by atoms with Gasteiger partial charge in [-0.05, 0) is 48.5 Å². The molecule has 0 amide bonds. The third-order valence-electron chi connectivity index (χ3n) is 3.63. The highest BCUT2D eigenvalue weighted by Crippen LogP contribution is 2.27. The molecule has 25 heavy (non-hydrogen) atoms. The number of hydrogen-bond acceptors (Lipinski definition) is 5.